The van der Waals surface area contributed by atoms with E-state index in [2.05, 4.69) is 36.2 Å². The van der Waals surface area contributed by atoms with Crippen LogP contribution in [-0.4, -0.2) is 24.1 Å². The molecule has 1 rings (SSSR count). The van der Waals surface area contributed by atoms with E-state index >= 15 is 0 Å². The predicted molar refractivity (Wildman–Crippen MR) is 57.8 cm³/mol. The summed E-state index contributed by atoms with van der Waals surface area (Å²) in [6, 6.07) is 0.786. The van der Waals surface area contributed by atoms with Crippen molar-refractivity contribution in [1.82, 2.24) is 5.32 Å². The SMILES string of the molecule is C/C=C/CCNC1CCCSC1. The molecule has 0 amide bonds. The summed E-state index contributed by atoms with van der Waals surface area (Å²) in [5.74, 6) is 2.68. The normalized spacial score (nSPS) is 24.9. The number of hydrogen-bond donors (Lipinski definition) is 1. The molecule has 1 aliphatic heterocycles. The van der Waals surface area contributed by atoms with E-state index in [9.17, 15) is 0 Å². The summed E-state index contributed by atoms with van der Waals surface area (Å²) >= 11 is 2.09. The standard InChI is InChI=1S/C10H19NS/c1-2-3-4-7-11-10-6-5-8-12-9-10/h2-3,10-11H,4-9H2,1H3/b3-2+. The predicted octanol–water partition coefficient (Wildman–Crippen LogP) is 2.44. The Bertz CT molecular complexity index is 128. The highest BCUT2D eigenvalue weighted by Crippen LogP contribution is 2.16. The molecule has 1 saturated heterocycles. The molecule has 0 aliphatic carbocycles. The Labute approximate surface area is 80.0 Å². The third-order valence-corrected chi connectivity index (χ3v) is 3.36. The lowest BCUT2D eigenvalue weighted by Gasteiger charge is -2.22. The first-order chi connectivity index (χ1) is 5.93. The Morgan fingerprint density at radius 2 is 2.50 bits per heavy atom. The highest BCUT2D eigenvalue weighted by atomic mass is 32.2. The molecule has 1 atom stereocenters. The molecule has 0 bridgehead atoms. The van der Waals surface area contributed by atoms with Crippen molar-refractivity contribution in [3.63, 3.8) is 0 Å². The summed E-state index contributed by atoms with van der Waals surface area (Å²) in [6.45, 7) is 3.23. The fraction of sp³-hybridized carbons (Fsp3) is 0.800. The third kappa shape index (κ3) is 4.17. The first kappa shape index (κ1) is 10.1. The molecular weight excluding hydrogens is 166 g/mol. The van der Waals surface area contributed by atoms with Gasteiger partial charge in [0, 0.05) is 11.8 Å². The first-order valence-corrected chi connectivity index (χ1v) is 6.01. The molecule has 0 aromatic heterocycles. The van der Waals surface area contributed by atoms with Gasteiger partial charge in [0.25, 0.3) is 0 Å². The van der Waals surface area contributed by atoms with Crippen LogP contribution in [0.4, 0.5) is 0 Å². The zero-order chi connectivity index (χ0) is 8.65. The Hall–Kier alpha value is 0.0500. The number of allylic oxidation sites excluding steroid dienone is 1. The maximum absolute atomic E-state index is 3.58. The maximum Gasteiger partial charge on any atom is 0.0158 e. The van der Waals surface area contributed by atoms with Gasteiger partial charge < -0.3 is 5.32 Å². The number of thioether (sulfide) groups is 1. The van der Waals surface area contributed by atoms with Crippen LogP contribution < -0.4 is 5.32 Å². The zero-order valence-electron chi connectivity index (χ0n) is 7.88. The molecule has 0 radical (unpaired) electrons. The van der Waals surface area contributed by atoms with Crippen LogP contribution in [0.2, 0.25) is 0 Å². The van der Waals surface area contributed by atoms with Crippen LogP contribution in [0.25, 0.3) is 0 Å². The van der Waals surface area contributed by atoms with E-state index in [1.54, 1.807) is 0 Å². The van der Waals surface area contributed by atoms with Crippen LogP contribution in [0.3, 0.4) is 0 Å². The van der Waals surface area contributed by atoms with Gasteiger partial charge in [-0.3, -0.25) is 0 Å². The highest BCUT2D eigenvalue weighted by Gasteiger charge is 2.11. The van der Waals surface area contributed by atoms with Gasteiger partial charge in [-0.05, 0) is 38.5 Å². The van der Waals surface area contributed by atoms with Crippen molar-refractivity contribution in [3.8, 4) is 0 Å². The molecule has 1 unspecified atom stereocenters. The second-order valence-corrected chi connectivity index (χ2v) is 4.38. The fourth-order valence-corrected chi connectivity index (χ4v) is 2.55. The Morgan fingerprint density at radius 1 is 1.58 bits per heavy atom. The fourth-order valence-electron chi connectivity index (χ4n) is 1.44. The van der Waals surface area contributed by atoms with Gasteiger partial charge in [-0.25, -0.2) is 0 Å². The molecule has 1 heterocycles. The molecule has 0 aromatic carbocycles. The van der Waals surface area contributed by atoms with Crippen molar-refractivity contribution in [2.45, 2.75) is 32.2 Å². The smallest absolute Gasteiger partial charge is 0.0158 e. The molecule has 1 nitrogen and oxygen atoms in total. The van der Waals surface area contributed by atoms with Crippen LogP contribution in [0, 0.1) is 0 Å². The van der Waals surface area contributed by atoms with E-state index < -0.39 is 0 Å². The number of hydrogen-bond acceptors (Lipinski definition) is 2. The summed E-state index contributed by atoms with van der Waals surface area (Å²) in [4.78, 5) is 0. The van der Waals surface area contributed by atoms with Crippen LogP contribution in [0.1, 0.15) is 26.2 Å². The van der Waals surface area contributed by atoms with Crippen LogP contribution in [0.15, 0.2) is 12.2 Å². The van der Waals surface area contributed by atoms with Gasteiger partial charge in [0.05, 0.1) is 0 Å². The van der Waals surface area contributed by atoms with Crippen molar-refractivity contribution in [3.05, 3.63) is 12.2 Å². The maximum atomic E-state index is 3.58. The van der Waals surface area contributed by atoms with Gasteiger partial charge in [0.15, 0.2) is 0 Å². The van der Waals surface area contributed by atoms with Crippen molar-refractivity contribution in [1.29, 1.82) is 0 Å². The van der Waals surface area contributed by atoms with Crippen molar-refractivity contribution >= 4 is 11.8 Å². The minimum atomic E-state index is 0.786. The summed E-state index contributed by atoms with van der Waals surface area (Å²) in [7, 11) is 0. The second-order valence-electron chi connectivity index (χ2n) is 3.23. The minimum Gasteiger partial charge on any atom is -0.313 e. The Morgan fingerprint density at radius 3 is 3.17 bits per heavy atom. The first-order valence-electron chi connectivity index (χ1n) is 4.86. The summed E-state index contributed by atoms with van der Waals surface area (Å²) in [5.41, 5.74) is 0. The largest absolute Gasteiger partial charge is 0.313 e. The van der Waals surface area contributed by atoms with Crippen molar-refractivity contribution in [2.75, 3.05) is 18.1 Å². The van der Waals surface area contributed by atoms with E-state index in [0.29, 0.717) is 0 Å². The lowest BCUT2D eigenvalue weighted by Crippen LogP contribution is -2.34. The average Bonchev–Trinajstić information content (AvgIpc) is 2.14. The van der Waals surface area contributed by atoms with Gasteiger partial charge in [0.1, 0.15) is 0 Å². The molecular formula is C10H19NS. The summed E-state index contributed by atoms with van der Waals surface area (Å²) in [5, 5.41) is 3.58. The third-order valence-electron chi connectivity index (χ3n) is 2.14. The molecule has 70 valence electrons. The molecule has 1 fully saturated rings. The number of rotatable bonds is 4. The van der Waals surface area contributed by atoms with E-state index in [0.717, 1.165) is 12.6 Å². The van der Waals surface area contributed by atoms with Gasteiger partial charge in [-0.15, -0.1) is 0 Å². The van der Waals surface area contributed by atoms with Gasteiger partial charge in [-0.2, -0.15) is 11.8 Å². The van der Waals surface area contributed by atoms with E-state index in [1.807, 2.05) is 0 Å². The van der Waals surface area contributed by atoms with Crippen molar-refractivity contribution in [2.24, 2.45) is 0 Å². The topological polar surface area (TPSA) is 12.0 Å². The monoisotopic (exact) mass is 185 g/mol. The number of nitrogens with one attached hydrogen (secondary N) is 1. The average molecular weight is 185 g/mol. The van der Waals surface area contributed by atoms with Crippen LogP contribution in [0.5, 0.6) is 0 Å². The minimum absolute atomic E-state index is 0.786. The Balaban J connectivity index is 1.97. The summed E-state index contributed by atoms with van der Waals surface area (Å²) in [6.07, 6.45) is 8.30. The molecule has 2 heteroatoms. The quantitative estimate of drug-likeness (QED) is 0.533. The van der Waals surface area contributed by atoms with Gasteiger partial charge >= 0.3 is 0 Å². The lowest BCUT2D eigenvalue weighted by atomic mass is 10.2. The second kappa shape index (κ2) is 6.55. The molecule has 1 aliphatic rings. The van der Waals surface area contributed by atoms with Crippen molar-refractivity contribution < 1.29 is 0 Å². The molecule has 0 saturated carbocycles. The van der Waals surface area contributed by atoms with E-state index in [1.165, 1.54) is 30.8 Å². The molecule has 12 heavy (non-hydrogen) atoms. The molecule has 0 spiro atoms. The van der Waals surface area contributed by atoms with Crippen LogP contribution >= 0.6 is 11.8 Å². The Kier molecular flexibility index (Phi) is 5.53. The van der Waals surface area contributed by atoms with E-state index in [4.69, 9.17) is 0 Å². The highest BCUT2D eigenvalue weighted by molar-refractivity contribution is 7.99. The van der Waals surface area contributed by atoms with Gasteiger partial charge in [0.2, 0.25) is 0 Å². The van der Waals surface area contributed by atoms with E-state index in [-0.39, 0.29) is 0 Å². The lowest BCUT2D eigenvalue weighted by molar-refractivity contribution is 0.513. The zero-order valence-corrected chi connectivity index (χ0v) is 8.70. The van der Waals surface area contributed by atoms with Gasteiger partial charge in [-0.1, -0.05) is 12.2 Å². The van der Waals surface area contributed by atoms with Crippen LogP contribution in [-0.2, 0) is 0 Å². The summed E-state index contributed by atoms with van der Waals surface area (Å²) < 4.78 is 0. The molecule has 1 N–H and O–H groups in total. The molecule has 0 aromatic rings.